The maximum Gasteiger partial charge on any atom is 0.139 e. The predicted octanol–water partition coefficient (Wildman–Crippen LogP) is 4.86. The van der Waals surface area contributed by atoms with Gasteiger partial charge in [-0.3, -0.25) is 4.90 Å². The van der Waals surface area contributed by atoms with E-state index in [9.17, 15) is 5.11 Å². The average molecular weight is 428 g/mol. The van der Waals surface area contributed by atoms with E-state index in [-0.39, 0.29) is 12.6 Å². The van der Waals surface area contributed by atoms with Gasteiger partial charge in [-0.2, -0.15) is 5.10 Å². The molecule has 1 aromatic heterocycles. The standard InChI is InChI=1S/C24H30ClN3O2/c1-17(2)23(15-29)27(4)14-19-10-12-21(13-11-19)30-16-22-18(3)26-28(24(22)25)20-8-6-5-7-9-20/h5-13,17,23,29H,14-16H2,1-4H3/t23-/m1/s1. The van der Waals surface area contributed by atoms with Crippen molar-refractivity contribution in [2.75, 3.05) is 13.7 Å². The molecule has 0 aliphatic rings. The van der Waals surface area contributed by atoms with E-state index in [0.29, 0.717) is 17.7 Å². The Morgan fingerprint density at radius 3 is 2.37 bits per heavy atom. The van der Waals surface area contributed by atoms with Gasteiger partial charge in [0, 0.05) is 18.2 Å². The lowest BCUT2D eigenvalue weighted by molar-refractivity contribution is 0.108. The number of nitrogens with zero attached hydrogens (tertiary/aromatic N) is 3. The zero-order valence-electron chi connectivity index (χ0n) is 18.0. The van der Waals surface area contributed by atoms with Gasteiger partial charge in [0.05, 0.1) is 18.0 Å². The first-order valence-electron chi connectivity index (χ1n) is 10.2. The van der Waals surface area contributed by atoms with Crippen LogP contribution in [0.1, 0.15) is 30.7 Å². The van der Waals surface area contributed by atoms with Crippen LogP contribution in [0.25, 0.3) is 5.69 Å². The third-order valence-electron chi connectivity index (χ3n) is 5.38. The highest BCUT2D eigenvalue weighted by Crippen LogP contribution is 2.25. The van der Waals surface area contributed by atoms with Crippen molar-refractivity contribution in [3.8, 4) is 11.4 Å². The summed E-state index contributed by atoms with van der Waals surface area (Å²) in [5, 5.41) is 14.7. The number of ether oxygens (including phenoxy) is 1. The summed E-state index contributed by atoms with van der Waals surface area (Å²) < 4.78 is 7.72. The minimum Gasteiger partial charge on any atom is -0.489 e. The molecule has 0 amide bonds. The Bertz CT molecular complexity index is 939. The molecule has 30 heavy (non-hydrogen) atoms. The van der Waals surface area contributed by atoms with Gasteiger partial charge in [-0.1, -0.05) is 55.8 Å². The lowest BCUT2D eigenvalue weighted by Crippen LogP contribution is -2.38. The van der Waals surface area contributed by atoms with Gasteiger partial charge in [0.2, 0.25) is 0 Å². The maximum atomic E-state index is 9.61. The molecule has 0 saturated heterocycles. The Kier molecular flexibility index (Phi) is 7.53. The number of benzene rings is 2. The summed E-state index contributed by atoms with van der Waals surface area (Å²) in [5.41, 5.74) is 3.83. The van der Waals surface area contributed by atoms with Crippen molar-refractivity contribution in [3.05, 3.63) is 76.6 Å². The molecule has 160 valence electrons. The van der Waals surface area contributed by atoms with E-state index in [0.717, 1.165) is 29.2 Å². The van der Waals surface area contributed by atoms with E-state index in [4.69, 9.17) is 16.3 Å². The van der Waals surface area contributed by atoms with Crippen molar-refractivity contribution in [3.63, 3.8) is 0 Å². The molecule has 2 aromatic carbocycles. The summed E-state index contributed by atoms with van der Waals surface area (Å²) in [7, 11) is 2.04. The van der Waals surface area contributed by atoms with Gasteiger partial charge in [-0.15, -0.1) is 0 Å². The fraction of sp³-hybridized carbons (Fsp3) is 0.375. The molecule has 0 aliphatic carbocycles. The van der Waals surface area contributed by atoms with Crippen LogP contribution >= 0.6 is 11.6 Å². The smallest absolute Gasteiger partial charge is 0.139 e. The summed E-state index contributed by atoms with van der Waals surface area (Å²) in [4.78, 5) is 2.18. The number of likely N-dealkylation sites (N-methyl/N-ethyl adjacent to an activating group) is 1. The molecule has 6 heteroatoms. The fourth-order valence-corrected chi connectivity index (χ4v) is 3.87. The number of aliphatic hydroxyl groups excluding tert-OH is 1. The lowest BCUT2D eigenvalue weighted by Gasteiger charge is -2.29. The van der Waals surface area contributed by atoms with Gasteiger partial charge in [0.15, 0.2) is 0 Å². The fourth-order valence-electron chi connectivity index (χ4n) is 3.55. The number of aliphatic hydroxyl groups is 1. The van der Waals surface area contributed by atoms with Crippen molar-refractivity contribution < 1.29 is 9.84 Å². The molecule has 1 N–H and O–H groups in total. The summed E-state index contributed by atoms with van der Waals surface area (Å²) in [6.45, 7) is 7.49. The number of para-hydroxylation sites is 1. The van der Waals surface area contributed by atoms with Crippen LogP contribution in [-0.4, -0.2) is 39.5 Å². The Labute approximate surface area is 183 Å². The summed E-state index contributed by atoms with van der Waals surface area (Å²) in [5.74, 6) is 1.18. The Hall–Kier alpha value is -2.34. The van der Waals surface area contributed by atoms with Crippen LogP contribution in [-0.2, 0) is 13.2 Å². The third-order valence-corrected chi connectivity index (χ3v) is 5.77. The first kappa shape index (κ1) is 22.3. The van der Waals surface area contributed by atoms with Crippen molar-refractivity contribution in [1.29, 1.82) is 0 Å². The van der Waals surface area contributed by atoms with E-state index >= 15 is 0 Å². The lowest BCUT2D eigenvalue weighted by atomic mass is 10.0. The summed E-state index contributed by atoms with van der Waals surface area (Å²) >= 11 is 6.58. The summed E-state index contributed by atoms with van der Waals surface area (Å²) in [6.07, 6.45) is 0. The van der Waals surface area contributed by atoms with Crippen LogP contribution in [0.3, 0.4) is 0 Å². The summed E-state index contributed by atoms with van der Waals surface area (Å²) in [6, 6.07) is 18.0. The zero-order valence-corrected chi connectivity index (χ0v) is 18.8. The Morgan fingerprint density at radius 2 is 1.77 bits per heavy atom. The molecular formula is C24H30ClN3O2. The highest BCUT2D eigenvalue weighted by molar-refractivity contribution is 6.30. The second kappa shape index (κ2) is 10.1. The largest absolute Gasteiger partial charge is 0.489 e. The van der Waals surface area contributed by atoms with Crippen LogP contribution < -0.4 is 4.74 Å². The Morgan fingerprint density at radius 1 is 1.10 bits per heavy atom. The second-order valence-corrected chi connectivity index (χ2v) is 8.30. The second-order valence-electron chi connectivity index (χ2n) is 7.94. The first-order chi connectivity index (χ1) is 14.4. The molecule has 3 aromatic rings. The molecule has 0 bridgehead atoms. The predicted molar refractivity (Wildman–Crippen MR) is 121 cm³/mol. The van der Waals surface area contributed by atoms with E-state index in [1.807, 2.05) is 56.4 Å². The van der Waals surface area contributed by atoms with Crippen molar-refractivity contribution in [2.24, 2.45) is 5.92 Å². The molecule has 0 fully saturated rings. The van der Waals surface area contributed by atoms with Crippen molar-refractivity contribution in [1.82, 2.24) is 14.7 Å². The SMILES string of the molecule is Cc1nn(-c2ccccc2)c(Cl)c1COc1ccc(CN(C)[C@H](CO)C(C)C)cc1. The van der Waals surface area contributed by atoms with Gasteiger partial charge in [0.1, 0.15) is 17.5 Å². The van der Waals surface area contributed by atoms with Crippen LogP contribution in [0.2, 0.25) is 5.15 Å². The molecule has 0 aliphatic heterocycles. The first-order valence-corrected chi connectivity index (χ1v) is 10.6. The van der Waals surface area contributed by atoms with Crippen molar-refractivity contribution in [2.45, 2.75) is 40.0 Å². The molecule has 0 spiro atoms. The monoisotopic (exact) mass is 427 g/mol. The molecule has 1 heterocycles. The highest BCUT2D eigenvalue weighted by atomic mass is 35.5. The van der Waals surface area contributed by atoms with Gasteiger partial charge in [-0.25, -0.2) is 4.68 Å². The molecule has 1 atom stereocenters. The van der Waals surface area contributed by atoms with E-state index in [1.54, 1.807) is 4.68 Å². The minimum absolute atomic E-state index is 0.146. The zero-order chi connectivity index (χ0) is 21.7. The van der Waals surface area contributed by atoms with Crippen molar-refractivity contribution >= 4 is 11.6 Å². The molecule has 0 radical (unpaired) electrons. The van der Waals surface area contributed by atoms with Crippen LogP contribution in [0, 0.1) is 12.8 Å². The van der Waals surface area contributed by atoms with Crippen LogP contribution in [0.5, 0.6) is 5.75 Å². The topological polar surface area (TPSA) is 50.5 Å². The van der Waals surface area contributed by atoms with Crippen LogP contribution in [0.4, 0.5) is 0 Å². The molecule has 3 rings (SSSR count). The average Bonchev–Trinajstić information content (AvgIpc) is 3.02. The number of aromatic nitrogens is 2. The van der Waals surface area contributed by atoms with Gasteiger partial charge in [-0.05, 0) is 49.7 Å². The molecule has 0 saturated carbocycles. The van der Waals surface area contributed by atoms with E-state index in [1.165, 1.54) is 5.56 Å². The van der Waals surface area contributed by atoms with Crippen LogP contribution in [0.15, 0.2) is 54.6 Å². The molecular weight excluding hydrogens is 398 g/mol. The minimum atomic E-state index is 0.146. The van der Waals surface area contributed by atoms with Gasteiger partial charge < -0.3 is 9.84 Å². The number of aryl methyl sites for hydroxylation is 1. The normalized spacial score (nSPS) is 12.5. The number of hydrogen-bond acceptors (Lipinski definition) is 4. The van der Waals surface area contributed by atoms with Gasteiger partial charge >= 0.3 is 0 Å². The number of rotatable bonds is 9. The molecule has 5 nitrogen and oxygen atoms in total. The molecule has 0 unspecified atom stereocenters. The van der Waals surface area contributed by atoms with E-state index in [2.05, 4.69) is 36.0 Å². The van der Waals surface area contributed by atoms with E-state index < -0.39 is 0 Å². The number of hydrogen-bond donors (Lipinski definition) is 1. The quantitative estimate of drug-likeness (QED) is 0.529. The highest BCUT2D eigenvalue weighted by Gasteiger charge is 2.18. The third kappa shape index (κ3) is 5.22. The number of halogens is 1. The maximum absolute atomic E-state index is 9.61. The Balaban J connectivity index is 1.64. The van der Waals surface area contributed by atoms with Gasteiger partial charge in [0.25, 0.3) is 0 Å².